The lowest BCUT2D eigenvalue weighted by Crippen LogP contribution is -2.37. The van der Waals surface area contributed by atoms with Gasteiger partial charge in [-0.1, -0.05) is 19.9 Å². The summed E-state index contributed by atoms with van der Waals surface area (Å²) in [5.41, 5.74) is 2.00. The van der Waals surface area contributed by atoms with E-state index < -0.39 is 0 Å². The minimum absolute atomic E-state index is 0.160. The highest BCUT2D eigenvalue weighted by molar-refractivity contribution is 7.09. The van der Waals surface area contributed by atoms with Gasteiger partial charge < -0.3 is 9.47 Å². The Morgan fingerprint density at radius 2 is 2.14 bits per heavy atom. The molecule has 152 valence electrons. The van der Waals surface area contributed by atoms with E-state index in [1.807, 2.05) is 31.4 Å². The zero-order valence-corrected chi connectivity index (χ0v) is 18.2. The Labute approximate surface area is 171 Å². The first-order valence-electron chi connectivity index (χ1n) is 10.2. The molecular formula is C22H31N3O2S. The Morgan fingerprint density at radius 3 is 2.79 bits per heavy atom. The van der Waals surface area contributed by atoms with Crippen molar-refractivity contribution in [3.05, 3.63) is 55.6 Å². The van der Waals surface area contributed by atoms with Gasteiger partial charge in [-0.15, -0.1) is 11.3 Å². The normalized spacial score (nSPS) is 17.2. The molecule has 0 spiro atoms. The summed E-state index contributed by atoms with van der Waals surface area (Å²) in [6, 6.07) is 6.11. The predicted molar refractivity (Wildman–Crippen MR) is 115 cm³/mol. The van der Waals surface area contributed by atoms with Gasteiger partial charge in [0.2, 0.25) is 0 Å². The number of carbonyl (C=O) groups is 1. The number of pyridine rings is 1. The van der Waals surface area contributed by atoms with Crippen LogP contribution < -0.4 is 5.43 Å². The molecule has 28 heavy (non-hydrogen) atoms. The van der Waals surface area contributed by atoms with Gasteiger partial charge in [0, 0.05) is 42.0 Å². The minimum atomic E-state index is -0.178. The molecule has 0 aromatic carbocycles. The van der Waals surface area contributed by atoms with Crippen molar-refractivity contribution in [1.29, 1.82) is 0 Å². The SMILES string of the molecule is CCc1c(C(=O)N(C)Cc2cccs2)c(=O)cc(C)n1C[C@@H]1CCCN1CC. The van der Waals surface area contributed by atoms with E-state index in [2.05, 4.69) is 16.4 Å². The number of likely N-dealkylation sites (N-methyl/N-ethyl adjacent to an activating group) is 1. The summed E-state index contributed by atoms with van der Waals surface area (Å²) in [4.78, 5) is 31.3. The van der Waals surface area contributed by atoms with Gasteiger partial charge >= 0.3 is 0 Å². The molecule has 1 atom stereocenters. The lowest BCUT2D eigenvalue weighted by molar-refractivity contribution is 0.0782. The number of amides is 1. The fraction of sp³-hybridized carbons (Fsp3) is 0.545. The number of likely N-dealkylation sites (tertiary alicyclic amines) is 1. The van der Waals surface area contributed by atoms with Crippen molar-refractivity contribution in [2.45, 2.75) is 59.2 Å². The number of thiophene rings is 1. The highest BCUT2D eigenvalue weighted by Gasteiger charge is 2.27. The quantitative estimate of drug-likeness (QED) is 0.713. The molecule has 0 unspecified atom stereocenters. The molecule has 3 heterocycles. The average molecular weight is 402 g/mol. The number of hydrogen-bond donors (Lipinski definition) is 0. The van der Waals surface area contributed by atoms with E-state index in [4.69, 9.17) is 0 Å². The van der Waals surface area contributed by atoms with Crippen molar-refractivity contribution in [2.24, 2.45) is 0 Å². The van der Waals surface area contributed by atoms with Crippen molar-refractivity contribution in [3.63, 3.8) is 0 Å². The van der Waals surface area contributed by atoms with E-state index in [9.17, 15) is 9.59 Å². The molecule has 6 heteroatoms. The molecule has 0 radical (unpaired) electrons. The van der Waals surface area contributed by atoms with Crippen LogP contribution in [0, 0.1) is 6.92 Å². The number of aromatic nitrogens is 1. The molecule has 5 nitrogen and oxygen atoms in total. The lowest BCUT2D eigenvalue weighted by atomic mass is 10.1. The van der Waals surface area contributed by atoms with E-state index >= 15 is 0 Å². The van der Waals surface area contributed by atoms with Crippen LogP contribution in [-0.4, -0.2) is 46.5 Å². The van der Waals surface area contributed by atoms with Crippen LogP contribution in [0.1, 0.15) is 53.3 Å². The summed E-state index contributed by atoms with van der Waals surface area (Å²) in [6.45, 7) is 9.77. The van der Waals surface area contributed by atoms with E-state index in [-0.39, 0.29) is 11.3 Å². The van der Waals surface area contributed by atoms with Gasteiger partial charge in [-0.05, 0) is 50.7 Å². The molecule has 0 N–H and O–H groups in total. The van der Waals surface area contributed by atoms with Crippen LogP contribution in [0.5, 0.6) is 0 Å². The van der Waals surface area contributed by atoms with Crippen LogP contribution >= 0.6 is 11.3 Å². The van der Waals surface area contributed by atoms with E-state index in [1.165, 1.54) is 12.8 Å². The zero-order chi connectivity index (χ0) is 20.3. The minimum Gasteiger partial charge on any atom is -0.346 e. The van der Waals surface area contributed by atoms with Crippen LogP contribution in [0.4, 0.5) is 0 Å². The van der Waals surface area contributed by atoms with Crippen molar-refractivity contribution in [3.8, 4) is 0 Å². The van der Waals surface area contributed by atoms with Crippen LogP contribution in [0.3, 0.4) is 0 Å². The Balaban J connectivity index is 1.94. The molecule has 1 aliphatic rings. The second-order valence-corrected chi connectivity index (χ2v) is 8.63. The highest BCUT2D eigenvalue weighted by atomic mass is 32.1. The van der Waals surface area contributed by atoms with Gasteiger partial charge in [0.25, 0.3) is 5.91 Å². The Kier molecular flexibility index (Phi) is 6.73. The molecule has 1 saturated heterocycles. The third kappa shape index (κ3) is 4.23. The standard InChI is InChI=1S/C22H31N3O2S/c1-5-19-21(22(27)23(4)15-18-10-8-12-28-18)20(26)13-16(3)25(19)14-17-9-7-11-24(17)6-2/h8,10,12-13,17H,5-7,9,11,14-15H2,1-4H3/t17-/m0/s1. The number of rotatable bonds is 7. The number of hydrogen-bond acceptors (Lipinski definition) is 4. The molecule has 1 fully saturated rings. The van der Waals surface area contributed by atoms with Crippen LogP contribution in [0.15, 0.2) is 28.4 Å². The van der Waals surface area contributed by atoms with Gasteiger partial charge in [0.05, 0.1) is 6.54 Å². The maximum Gasteiger partial charge on any atom is 0.259 e. The van der Waals surface area contributed by atoms with Gasteiger partial charge in [0.1, 0.15) is 5.56 Å². The Morgan fingerprint density at radius 1 is 1.36 bits per heavy atom. The van der Waals surface area contributed by atoms with Crippen molar-refractivity contribution < 1.29 is 4.79 Å². The fourth-order valence-corrected chi connectivity index (χ4v) is 5.07. The van der Waals surface area contributed by atoms with E-state index in [1.54, 1.807) is 29.4 Å². The zero-order valence-electron chi connectivity index (χ0n) is 17.4. The largest absolute Gasteiger partial charge is 0.346 e. The highest BCUT2D eigenvalue weighted by Crippen LogP contribution is 2.21. The van der Waals surface area contributed by atoms with Crippen molar-refractivity contribution in [2.75, 3.05) is 20.1 Å². The predicted octanol–water partition coefficient (Wildman–Crippen LogP) is 3.54. The van der Waals surface area contributed by atoms with Gasteiger partial charge in [-0.3, -0.25) is 14.5 Å². The Hall–Kier alpha value is -1.92. The summed E-state index contributed by atoms with van der Waals surface area (Å²) in [5, 5.41) is 2.01. The monoisotopic (exact) mass is 401 g/mol. The first kappa shape index (κ1) is 20.8. The first-order chi connectivity index (χ1) is 13.5. The Bertz CT molecular complexity index is 873. The van der Waals surface area contributed by atoms with Crippen LogP contribution in [0.25, 0.3) is 0 Å². The summed E-state index contributed by atoms with van der Waals surface area (Å²) in [7, 11) is 1.78. The molecular weight excluding hydrogens is 370 g/mol. The molecule has 0 bridgehead atoms. The third-order valence-corrected chi connectivity index (χ3v) is 6.65. The van der Waals surface area contributed by atoms with Gasteiger partial charge in [-0.25, -0.2) is 0 Å². The second-order valence-electron chi connectivity index (χ2n) is 7.60. The second kappa shape index (κ2) is 9.05. The molecule has 0 aliphatic carbocycles. The molecule has 0 saturated carbocycles. The topological polar surface area (TPSA) is 45.6 Å². The number of carbonyl (C=O) groups excluding carboxylic acids is 1. The molecule has 1 aliphatic heterocycles. The maximum atomic E-state index is 13.2. The average Bonchev–Trinajstić information content (AvgIpc) is 3.34. The molecule has 1 amide bonds. The fourth-order valence-electron chi connectivity index (χ4n) is 4.31. The number of nitrogens with zero attached hydrogens (tertiary/aromatic N) is 3. The summed E-state index contributed by atoms with van der Waals surface area (Å²) < 4.78 is 2.21. The lowest BCUT2D eigenvalue weighted by Gasteiger charge is -2.28. The third-order valence-electron chi connectivity index (χ3n) is 5.79. The van der Waals surface area contributed by atoms with Gasteiger partial charge in [0.15, 0.2) is 5.43 Å². The first-order valence-corrected chi connectivity index (χ1v) is 11.1. The van der Waals surface area contributed by atoms with Gasteiger partial charge in [-0.2, -0.15) is 0 Å². The van der Waals surface area contributed by atoms with E-state index in [0.29, 0.717) is 24.6 Å². The van der Waals surface area contributed by atoms with Crippen LogP contribution in [0.2, 0.25) is 0 Å². The summed E-state index contributed by atoms with van der Waals surface area (Å²) in [5.74, 6) is -0.178. The summed E-state index contributed by atoms with van der Waals surface area (Å²) in [6.07, 6.45) is 3.06. The maximum absolute atomic E-state index is 13.2. The van der Waals surface area contributed by atoms with Crippen LogP contribution in [-0.2, 0) is 19.5 Å². The molecule has 3 rings (SSSR count). The molecule has 2 aromatic heterocycles. The van der Waals surface area contributed by atoms with Crippen molar-refractivity contribution in [1.82, 2.24) is 14.4 Å². The van der Waals surface area contributed by atoms with Crippen molar-refractivity contribution >= 4 is 17.2 Å². The smallest absolute Gasteiger partial charge is 0.259 e. The number of aryl methyl sites for hydroxylation is 1. The van der Waals surface area contributed by atoms with E-state index in [0.717, 1.165) is 35.9 Å². The summed E-state index contributed by atoms with van der Waals surface area (Å²) >= 11 is 1.62. The molecule has 2 aromatic rings.